The minimum atomic E-state index is 0.00922. The molecule has 4 heteroatoms. The van der Waals surface area contributed by atoms with Crippen LogP contribution >= 0.6 is 12.2 Å². The molecule has 1 atom stereocenters. The number of amides is 1. The lowest BCUT2D eigenvalue weighted by Crippen LogP contribution is -2.38. The molecule has 1 aromatic rings. The van der Waals surface area contributed by atoms with Gasteiger partial charge in [0.15, 0.2) is 5.11 Å². The molecule has 0 radical (unpaired) electrons. The third-order valence-electron chi connectivity index (χ3n) is 3.71. The molecule has 2 aliphatic rings. The van der Waals surface area contributed by atoms with Crippen LogP contribution in [0, 0.1) is 0 Å². The minimum Gasteiger partial charge on any atom is -0.337 e. The number of hydrogen-bond acceptors (Lipinski definition) is 2. The molecule has 0 aliphatic carbocycles. The number of rotatable bonds is 2. The van der Waals surface area contributed by atoms with E-state index in [2.05, 4.69) is 4.90 Å². The van der Waals surface area contributed by atoms with E-state index < -0.39 is 0 Å². The first-order valence-corrected chi connectivity index (χ1v) is 6.84. The van der Waals surface area contributed by atoms with Gasteiger partial charge in [-0.05, 0) is 37.0 Å². The summed E-state index contributed by atoms with van der Waals surface area (Å²) in [5.74, 6) is 0.184. The first-order valence-electron chi connectivity index (χ1n) is 6.43. The molecule has 2 heterocycles. The molecular weight excluding hydrogens is 244 g/mol. The average Bonchev–Trinajstić information content (AvgIpc) is 2.66. The van der Waals surface area contributed by atoms with Crippen LogP contribution in [0.25, 0.3) is 0 Å². The van der Waals surface area contributed by atoms with Crippen LogP contribution in [0.4, 0.5) is 0 Å². The zero-order valence-electron chi connectivity index (χ0n) is 10.2. The van der Waals surface area contributed by atoms with E-state index in [0.717, 1.165) is 31.4 Å². The summed E-state index contributed by atoms with van der Waals surface area (Å²) in [5, 5.41) is 0.716. The summed E-state index contributed by atoms with van der Waals surface area (Å²) in [7, 11) is 0. The topological polar surface area (TPSA) is 23.6 Å². The monoisotopic (exact) mass is 260 g/mol. The highest BCUT2D eigenvalue weighted by molar-refractivity contribution is 7.80. The highest BCUT2D eigenvalue weighted by atomic mass is 32.1. The number of carbonyl (C=O) groups excluding carboxylic acids is 1. The van der Waals surface area contributed by atoms with Crippen molar-refractivity contribution in [1.82, 2.24) is 9.80 Å². The van der Waals surface area contributed by atoms with Crippen LogP contribution in [0.5, 0.6) is 0 Å². The molecule has 18 heavy (non-hydrogen) atoms. The van der Waals surface area contributed by atoms with Crippen LogP contribution in [-0.4, -0.2) is 33.4 Å². The summed E-state index contributed by atoms with van der Waals surface area (Å²) in [6.07, 6.45) is 3.22. The number of hydrogen-bond donors (Lipinski definition) is 0. The predicted octanol–water partition coefficient (Wildman–Crippen LogP) is 2.17. The Kier molecular flexibility index (Phi) is 3.04. The summed E-state index contributed by atoms with van der Waals surface area (Å²) >= 11 is 5.45. The number of piperidine rings is 1. The Labute approximate surface area is 112 Å². The van der Waals surface area contributed by atoms with Gasteiger partial charge in [0.05, 0.1) is 6.54 Å². The van der Waals surface area contributed by atoms with E-state index >= 15 is 0 Å². The third kappa shape index (κ3) is 1.90. The molecule has 2 fully saturated rings. The maximum Gasteiger partial charge on any atom is 0.251 e. The molecular formula is C14H16N2OS. The Hall–Kier alpha value is -1.42. The van der Waals surface area contributed by atoms with Gasteiger partial charge in [-0.2, -0.15) is 0 Å². The zero-order chi connectivity index (χ0) is 12.5. The SMILES string of the molecule is O=C1[C@H]2CCCCN2C(=S)N1Cc1ccccc1. The van der Waals surface area contributed by atoms with Gasteiger partial charge in [0.2, 0.25) is 0 Å². The molecule has 0 N–H and O–H groups in total. The quantitative estimate of drug-likeness (QED) is 0.761. The van der Waals surface area contributed by atoms with Crippen LogP contribution < -0.4 is 0 Å². The lowest BCUT2D eigenvalue weighted by atomic mass is 10.0. The molecule has 2 aliphatic heterocycles. The fourth-order valence-corrected chi connectivity index (χ4v) is 3.13. The fourth-order valence-electron chi connectivity index (χ4n) is 2.76. The maximum atomic E-state index is 12.4. The smallest absolute Gasteiger partial charge is 0.251 e. The molecule has 0 spiro atoms. The Bertz CT molecular complexity index is 450. The predicted molar refractivity (Wildman–Crippen MR) is 73.9 cm³/mol. The van der Waals surface area contributed by atoms with Gasteiger partial charge in [0.25, 0.3) is 5.91 Å². The molecule has 94 valence electrons. The molecule has 3 rings (SSSR count). The van der Waals surface area contributed by atoms with Gasteiger partial charge in [-0.25, -0.2) is 0 Å². The highest BCUT2D eigenvalue weighted by Crippen LogP contribution is 2.27. The van der Waals surface area contributed by atoms with E-state index in [1.54, 1.807) is 4.90 Å². The van der Waals surface area contributed by atoms with Crippen molar-refractivity contribution in [3.63, 3.8) is 0 Å². The van der Waals surface area contributed by atoms with Gasteiger partial charge >= 0.3 is 0 Å². The molecule has 0 bridgehead atoms. The molecule has 0 saturated carbocycles. The molecule has 1 amide bonds. The third-order valence-corrected chi connectivity index (χ3v) is 4.17. The van der Waals surface area contributed by atoms with Crippen molar-refractivity contribution < 1.29 is 4.79 Å². The second-order valence-electron chi connectivity index (χ2n) is 4.90. The summed E-state index contributed by atoms with van der Waals surface area (Å²) in [4.78, 5) is 16.2. The Morgan fingerprint density at radius 3 is 2.72 bits per heavy atom. The van der Waals surface area contributed by atoms with E-state index in [9.17, 15) is 4.79 Å². The van der Waals surface area contributed by atoms with Crippen LogP contribution in [0.3, 0.4) is 0 Å². The largest absolute Gasteiger partial charge is 0.337 e. The molecule has 3 nitrogen and oxygen atoms in total. The molecule has 0 unspecified atom stereocenters. The van der Waals surface area contributed by atoms with Crippen LogP contribution in [0.2, 0.25) is 0 Å². The Balaban J connectivity index is 1.80. The molecule has 0 aromatic heterocycles. The van der Waals surface area contributed by atoms with Crippen LogP contribution in [-0.2, 0) is 11.3 Å². The van der Waals surface area contributed by atoms with E-state index in [-0.39, 0.29) is 11.9 Å². The number of nitrogens with zero attached hydrogens (tertiary/aromatic N) is 2. The summed E-state index contributed by atoms with van der Waals surface area (Å²) in [5.41, 5.74) is 1.13. The van der Waals surface area contributed by atoms with Crippen molar-refractivity contribution in [3.8, 4) is 0 Å². The number of fused-ring (bicyclic) bond motifs is 1. The average molecular weight is 260 g/mol. The summed E-state index contributed by atoms with van der Waals surface area (Å²) < 4.78 is 0. The van der Waals surface area contributed by atoms with Crippen molar-refractivity contribution in [3.05, 3.63) is 35.9 Å². The normalized spacial score (nSPS) is 23.4. The zero-order valence-corrected chi connectivity index (χ0v) is 11.0. The van der Waals surface area contributed by atoms with Gasteiger partial charge in [-0.15, -0.1) is 0 Å². The second-order valence-corrected chi connectivity index (χ2v) is 5.26. The standard InChI is InChI=1S/C14H16N2OS/c17-13-12-8-4-5-9-15(12)14(18)16(13)10-11-6-2-1-3-7-11/h1-3,6-7,12H,4-5,8-10H2/t12-/m1/s1. The Morgan fingerprint density at radius 1 is 1.22 bits per heavy atom. The lowest BCUT2D eigenvalue weighted by Gasteiger charge is -2.27. The lowest BCUT2D eigenvalue weighted by molar-refractivity contribution is -0.129. The summed E-state index contributed by atoms with van der Waals surface area (Å²) in [6.45, 7) is 1.53. The minimum absolute atomic E-state index is 0.00922. The van der Waals surface area contributed by atoms with Gasteiger partial charge in [0, 0.05) is 6.54 Å². The van der Waals surface area contributed by atoms with Crippen molar-refractivity contribution in [2.24, 2.45) is 0 Å². The van der Waals surface area contributed by atoms with Gasteiger partial charge < -0.3 is 4.90 Å². The second kappa shape index (κ2) is 4.69. The van der Waals surface area contributed by atoms with E-state index in [0.29, 0.717) is 11.7 Å². The first kappa shape index (κ1) is 11.7. The van der Waals surface area contributed by atoms with Crippen molar-refractivity contribution >= 4 is 23.2 Å². The van der Waals surface area contributed by atoms with Crippen molar-refractivity contribution in [1.29, 1.82) is 0 Å². The number of carbonyl (C=O) groups is 1. The highest BCUT2D eigenvalue weighted by Gasteiger charge is 2.42. The van der Waals surface area contributed by atoms with E-state index in [4.69, 9.17) is 12.2 Å². The number of thiocarbonyl (C=S) groups is 1. The fraction of sp³-hybridized carbons (Fsp3) is 0.429. The summed E-state index contributed by atoms with van der Waals surface area (Å²) in [6, 6.07) is 10.0. The van der Waals surface area contributed by atoms with Crippen LogP contribution in [0.15, 0.2) is 30.3 Å². The van der Waals surface area contributed by atoms with E-state index in [1.807, 2.05) is 30.3 Å². The number of benzene rings is 1. The molecule has 2 saturated heterocycles. The van der Waals surface area contributed by atoms with Gasteiger partial charge in [-0.3, -0.25) is 9.69 Å². The van der Waals surface area contributed by atoms with Gasteiger partial charge in [0.1, 0.15) is 6.04 Å². The Morgan fingerprint density at radius 2 is 2.00 bits per heavy atom. The van der Waals surface area contributed by atoms with Crippen LogP contribution in [0.1, 0.15) is 24.8 Å². The van der Waals surface area contributed by atoms with E-state index in [1.165, 1.54) is 0 Å². The maximum absolute atomic E-state index is 12.4. The van der Waals surface area contributed by atoms with Crippen molar-refractivity contribution in [2.75, 3.05) is 6.54 Å². The van der Waals surface area contributed by atoms with Gasteiger partial charge in [-0.1, -0.05) is 30.3 Å². The molecule has 1 aromatic carbocycles. The van der Waals surface area contributed by atoms with Crippen molar-refractivity contribution in [2.45, 2.75) is 31.8 Å². The first-order chi connectivity index (χ1) is 8.77.